The van der Waals surface area contributed by atoms with Gasteiger partial charge in [0.15, 0.2) is 5.78 Å². The summed E-state index contributed by atoms with van der Waals surface area (Å²) in [5.41, 5.74) is 3.38. The van der Waals surface area contributed by atoms with Gasteiger partial charge in [0.1, 0.15) is 0 Å². The molecule has 0 bridgehead atoms. The number of anilines is 3. The summed E-state index contributed by atoms with van der Waals surface area (Å²) in [5.74, 6) is -0.110. The molecule has 23 heavy (non-hydrogen) atoms. The number of hydrogen-bond acceptors (Lipinski definition) is 4. The molecule has 0 heterocycles. The van der Waals surface area contributed by atoms with Gasteiger partial charge in [-0.3, -0.25) is 4.79 Å². The van der Waals surface area contributed by atoms with Gasteiger partial charge in [-0.2, -0.15) is 0 Å². The van der Waals surface area contributed by atoms with E-state index in [0.29, 0.717) is 12.1 Å². The van der Waals surface area contributed by atoms with Gasteiger partial charge in [-0.05, 0) is 48.9 Å². The van der Waals surface area contributed by atoms with E-state index in [1.54, 1.807) is 6.92 Å². The number of rotatable bonds is 8. The van der Waals surface area contributed by atoms with E-state index in [1.807, 2.05) is 54.6 Å². The molecule has 4 heteroatoms. The Hall–Kier alpha value is -2.59. The van der Waals surface area contributed by atoms with Crippen molar-refractivity contribution in [1.82, 2.24) is 0 Å². The molecular weight excluding hydrogens is 288 g/mol. The van der Waals surface area contributed by atoms with Gasteiger partial charge in [-0.1, -0.05) is 24.8 Å². The summed E-state index contributed by atoms with van der Waals surface area (Å²) in [7, 11) is 0. The van der Waals surface area contributed by atoms with Crippen molar-refractivity contribution >= 4 is 22.8 Å². The van der Waals surface area contributed by atoms with Gasteiger partial charge in [0.05, 0.1) is 6.10 Å². The molecule has 0 saturated heterocycles. The molecule has 2 rings (SSSR count). The number of ketones is 1. The predicted octanol–water partition coefficient (Wildman–Crippen LogP) is 3.74. The van der Waals surface area contributed by atoms with Gasteiger partial charge in [-0.15, -0.1) is 0 Å². The Morgan fingerprint density at radius 3 is 2.22 bits per heavy atom. The highest BCUT2D eigenvalue weighted by atomic mass is 16.3. The Kier molecular flexibility index (Phi) is 5.94. The predicted molar refractivity (Wildman–Crippen MR) is 95.1 cm³/mol. The summed E-state index contributed by atoms with van der Waals surface area (Å²) in [6, 6.07) is 17.7. The van der Waals surface area contributed by atoms with Crippen molar-refractivity contribution in [2.45, 2.75) is 19.4 Å². The lowest BCUT2D eigenvalue weighted by atomic mass is 10.1. The molecule has 3 N–H and O–H groups in total. The smallest absolute Gasteiger partial charge is 0.160 e. The van der Waals surface area contributed by atoms with E-state index in [4.69, 9.17) is 0 Å². The molecule has 0 aliphatic rings. The highest BCUT2D eigenvalue weighted by Gasteiger charge is 2.11. The van der Waals surface area contributed by atoms with Crippen molar-refractivity contribution in [1.29, 1.82) is 0 Å². The average Bonchev–Trinajstić information content (AvgIpc) is 2.55. The molecule has 1 unspecified atom stereocenters. The zero-order valence-corrected chi connectivity index (χ0v) is 13.3. The molecular formula is C19H22N2O2. The SMILES string of the molecule is C=C(C)C(=O)CC(O)CNc1ccc(Nc2ccccc2)cc1. The molecule has 1 atom stereocenters. The first-order valence-corrected chi connectivity index (χ1v) is 7.57. The average molecular weight is 310 g/mol. The van der Waals surface area contributed by atoms with Crippen molar-refractivity contribution < 1.29 is 9.90 Å². The Morgan fingerprint density at radius 1 is 1.04 bits per heavy atom. The third kappa shape index (κ3) is 5.60. The lowest BCUT2D eigenvalue weighted by molar-refractivity contribution is -0.117. The first-order valence-electron chi connectivity index (χ1n) is 7.57. The van der Waals surface area contributed by atoms with Crippen LogP contribution < -0.4 is 10.6 Å². The number of aliphatic hydroxyl groups excluding tert-OH is 1. The highest BCUT2D eigenvalue weighted by molar-refractivity contribution is 5.94. The van der Waals surface area contributed by atoms with Gasteiger partial charge in [-0.25, -0.2) is 0 Å². The number of allylic oxidation sites excluding steroid dienone is 1. The number of benzene rings is 2. The van der Waals surface area contributed by atoms with Crippen molar-refractivity contribution in [2.24, 2.45) is 0 Å². The molecule has 2 aromatic carbocycles. The second-order valence-electron chi connectivity index (χ2n) is 5.51. The molecule has 120 valence electrons. The van der Waals surface area contributed by atoms with Crippen molar-refractivity contribution in [3.05, 3.63) is 66.7 Å². The Morgan fingerprint density at radius 2 is 1.61 bits per heavy atom. The summed E-state index contributed by atoms with van der Waals surface area (Å²) in [5, 5.41) is 16.3. The van der Waals surface area contributed by atoms with Crippen LogP contribution in [0.15, 0.2) is 66.7 Å². The van der Waals surface area contributed by atoms with Crippen LogP contribution in [-0.4, -0.2) is 23.5 Å². The van der Waals surface area contributed by atoms with Gasteiger partial charge in [0.2, 0.25) is 0 Å². The van der Waals surface area contributed by atoms with Crippen molar-refractivity contribution in [2.75, 3.05) is 17.2 Å². The number of Topliss-reactive ketones (excluding diaryl/α,β-unsaturated/α-hetero) is 1. The van der Waals surface area contributed by atoms with Crippen LogP contribution in [0.5, 0.6) is 0 Å². The molecule has 0 aliphatic heterocycles. The maximum Gasteiger partial charge on any atom is 0.160 e. The first-order chi connectivity index (χ1) is 11.0. The van der Waals surface area contributed by atoms with Crippen LogP contribution in [0.4, 0.5) is 17.1 Å². The standard InChI is InChI=1S/C19H22N2O2/c1-14(2)19(23)12-18(22)13-20-15-8-10-17(11-9-15)21-16-6-4-3-5-7-16/h3-11,18,20-22H,1,12-13H2,2H3. The maximum atomic E-state index is 11.5. The monoisotopic (exact) mass is 310 g/mol. The maximum absolute atomic E-state index is 11.5. The first kappa shape index (κ1) is 16.8. The number of nitrogens with one attached hydrogen (secondary N) is 2. The van der Waals surface area contributed by atoms with E-state index in [-0.39, 0.29) is 12.2 Å². The second kappa shape index (κ2) is 8.15. The van der Waals surface area contributed by atoms with Crippen LogP contribution in [0.1, 0.15) is 13.3 Å². The zero-order valence-electron chi connectivity index (χ0n) is 13.3. The summed E-state index contributed by atoms with van der Waals surface area (Å²) < 4.78 is 0. The molecule has 0 aromatic heterocycles. The summed E-state index contributed by atoms with van der Waals surface area (Å²) in [6.45, 7) is 5.56. The minimum atomic E-state index is -0.721. The molecule has 0 fully saturated rings. The van der Waals surface area contributed by atoms with Crippen LogP contribution in [-0.2, 0) is 4.79 Å². The van der Waals surface area contributed by atoms with Crippen LogP contribution in [0.2, 0.25) is 0 Å². The van der Waals surface area contributed by atoms with Crippen molar-refractivity contribution in [3.8, 4) is 0 Å². The van der Waals surface area contributed by atoms with E-state index in [2.05, 4.69) is 17.2 Å². The molecule has 2 aromatic rings. The van der Waals surface area contributed by atoms with Crippen LogP contribution in [0, 0.1) is 0 Å². The second-order valence-corrected chi connectivity index (χ2v) is 5.51. The fraction of sp³-hybridized carbons (Fsp3) is 0.211. The Balaban J connectivity index is 1.83. The Labute approximate surface area is 136 Å². The number of para-hydroxylation sites is 1. The number of hydrogen-bond donors (Lipinski definition) is 3. The van der Waals surface area contributed by atoms with Gasteiger partial charge in [0.25, 0.3) is 0 Å². The third-order valence-corrected chi connectivity index (χ3v) is 3.39. The topological polar surface area (TPSA) is 61.4 Å². The van der Waals surface area contributed by atoms with Crippen molar-refractivity contribution in [3.63, 3.8) is 0 Å². The quantitative estimate of drug-likeness (QED) is 0.650. The minimum absolute atomic E-state index is 0.0932. The van der Waals surface area contributed by atoms with E-state index in [0.717, 1.165) is 17.1 Å². The molecule has 0 radical (unpaired) electrons. The summed E-state index contributed by atoms with van der Waals surface area (Å²) in [4.78, 5) is 11.5. The Bertz CT molecular complexity index is 651. The molecule has 0 saturated carbocycles. The van der Waals surface area contributed by atoms with E-state index < -0.39 is 6.10 Å². The lowest BCUT2D eigenvalue weighted by Crippen LogP contribution is -2.23. The number of carbonyl (C=O) groups excluding carboxylic acids is 1. The fourth-order valence-corrected chi connectivity index (χ4v) is 2.06. The highest BCUT2D eigenvalue weighted by Crippen LogP contribution is 2.18. The van der Waals surface area contributed by atoms with Gasteiger partial charge in [0, 0.05) is 30.0 Å². The normalized spacial score (nSPS) is 11.6. The molecule has 0 spiro atoms. The van der Waals surface area contributed by atoms with Crippen LogP contribution >= 0.6 is 0 Å². The van der Waals surface area contributed by atoms with Gasteiger partial charge < -0.3 is 15.7 Å². The van der Waals surface area contributed by atoms with E-state index in [1.165, 1.54) is 0 Å². The molecule has 0 aliphatic carbocycles. The van der Waals surface area contributed by atoms with E-state index in [9.17, 15) is 9.90 Å². The van der Waals surface area contributed by atoms with Crippen LogP contribution in [0.25, 0.3) is 0 Å². The third-order valence-electron chi connectivity index (χ3n) is 3.39. The van der Waals surface area contributed by atoms with Crippen LogP contribution in [0.3, 0.4) is 0 Å². The molecule has 0 amide bonds. The zero-order chi connectivity index (χ0) is 16.7. The lowest BCUT2D eigenvalue weighted by Gasteiger charge is -2.13. The van der Waals surface area contributed by atoms with E-state index >= 15 is 0 Å². The summed E-state index contributed by atoms with van der Waals surface area (Å²) in [6.07, 6.45) is -0.628. The number of aliphatic hydroxyl groups is 1. The summed E-state index contributed by atoms with van der Waals surface area (Å²) >= 11 is 0. The minimum Gasteiger partial charge on any atom is -0.391 e. The fourth-order valence-electron chi connectivity index (χ4n) is 2.06. The van der Waals surface area contributed by atoms with Gasteiger partial charge >= 0.3 is 0 Å². The number of carbonyl (C=O) groups is 1. The largest absolute Gasteiger partial charge is 0.391 e. The molecule has 4 nitrogen and oxygen atoms in total.